The molecule has 0 bridgehead atoms. The largest absolute Gasteiger partial charge is 0.334 e. The second-order valence-electron chi connectivity index (χ2n) is 5.97. The Labute approximate surface area is 137 Å². The van der Waals surface area contributed by atoms with Crippen molar-refractivity contribution in [3.8, 4) is 11.5 Å². The van der Waals surface area contributed by atoms with Crippen molar-refractivity contribution in [3.63, 3.8) is 0 Å². The van der Waals surface area contributed by atoms with E-state index in [9.17, 15) is 8.78 Å². The van der Waals surface area contributed by atoms with Gasteiger partial charge in [-0.25, -0.2) is 8.78 Å². The lowest BCUT2D eigenvalue weighted by atomic mass is 9.82. The molecule has 1 atom stereocenters. The minimum atomic E-state index is -2.65. The van der Waals surface area contributed by atoms with Crippen molar-refractivity contribution in [2.75, 3.05) is 0 Å². The van der Waals surface area contributed by atoms with Gasteiger partial charge >= 0.3 is 0 Å². The molecule has 24 heavy (non-hydrogen) atoms. The van der Waals surface area contributed by atoms with E-state index in [1.165, 1.54) is 24.4 Å². The van der Waals surface area contributed by atoms with E-state index in [1.807, 2.05) is 12.1 Å². The molecule has 0 radical (unpaired) electrons. The van der Waals surface area contributed by atoms with Crippen LogP contribution in [0.5, 0.6) is 0 Å². The highest BCUT2D eigenvalue weighted by Crippen LogP contribution is 2.37. The van der Waals surface area contributed by atoms with Gasteiger partial charge in [0.25, 0.3) is 12.3 Å². The van der Waals surface area contributed by atoms with E-state index in [0.29, 0.717) is 5.82 Å². The quantitative estimate of drug-likeness (QED) is 0.731. The molecule has 0 fully saturated rings. The number of benzene rings is 1. The zero-order valence-corrected chi connectivity index (χ0v) is 13.1. The lowest BCUT2D eigenvalue weighted by Crippen LogP contribution is -2.12. The third kappa shape index (κ3) is 2.40. The van der Waals surface area contributed by atoms with Crippen LogP contribution in [-0.4, -0.2) is 19.9 Å². The molecule has 0 spiro atoms. The Hall–Kier alpha value is -2.57. The molecular formula is C17H16F2N4O. The fourth-order valence-electron chi connectivity index (χ4n) is 3.38. The van der Waals surface area contributed by atoms with Crippen LogP contribution >= 0.6 is 0 Å². The number of hydrogen-bond donors (Lipinski definition) is 0. The predicted octanol–water partition coefficient (Wildman–Crippen LogP) is 3.88. The van der Waals surface area contributed by atoms with Crippen molar-refractivity contribution >= 4 is 0 Å². The third-order valence-corrected chi connectivity index (χ3v) is 4.54. The average Bonchev–Trinajstić information content (AvgIpc) is 3.20. The molecule has 3 aromatic rings. The summed E-state index contributed by atoms with van der Waals surface area (Å²) in [6, 6.07) is 8.20. The molecule has 0 N–H and O–H groups in total. The summed E-state index contributed by atoms with van der Waals surface area (Å²) in [5.74, 6) is 0.678. The smallest absolute Gasteiger partial charge is 0.280 e. The van der Waals surface area contributed by atoms with E-state index in [1.54, 1.807) is 0 Å². The fourth-order valence-corrected chi connectivity index (χ4v) is 3.38. The first-order valence-corrected chi connectivity index (χ1v) is 7.87. The molecule has 0 aliphatic heterocycles. The number of hydrogen-bond acceptors (Lipinski definition) is 4. The Morgan fingerprint density at radius 1 is 1.29 bits per heavy atom. The lowest BCUT2D eigenvalue weighted by Gasteiger charge is -2.22. The van der Waals surface area contributed by atoms with Gasteiger partial charge in [0.1, 0.15) is 5.69 Å². The molecule has 4 rings (SSSR count). The predicted molar refractivity (Wildman–Crippen MR) is 82.7 cm³/mol. The minimum Gasteiger partial charge on any atom is -0.334 e. The molecule has 0 saturated carbocycles. The number of aryl methyl sites for hydroxylation is 2. The van der Waals surface area contributed by atoms with Gasteiger partial charge in [0, 0.05) is 13.0 Å². The molecule has 2 aromatic heterocycles. The van der Waals surface area contributed by atoms with Crippen LogP contribution < -0.4 is 0 Å². The van der Waals surface area contributed by atoms with E-state index in [0.717, 1.165) is 23.9 Å². The maximum atomic E-state index is 13.2. The van der Waals surface area contributed by atoms with Gasteiger partial charge in [0.2, 0.25) is 0 Å². The summed E-state index contributed by atoms with van der Waals surface area (Å²) in [5.41, 5.74) is 2.45. The summed E-state index contributed by atoms with van der Waals surface area (Å²) in [6.07, 6.45) is 1.69. The number of nitrogens with zero attached hydrogens (tertiary/aromatic N) is 4. The van der Waals surface area contributed by atoms with Crippen molar-refractivity contribution in [1.82, 2.24) is 19.9 Å². The second kappa shape index (κ2) is 5.81. The van der Waals surface area contributed by atoms with E-state index < -0.39 is 6.43 Å². The first-order valence-electron chi connectivity index (χ1n) is 7.87. The maximum absolute atomic E-state index is 13.2. The summed E-state index contributed by atoms with van der Waals surface area (Å²) in [6.45, 7) is 0. The zero-order chi connectivity index (χ0) is 16.7. The molecule has 1 aromatic carbocycles. The average molecular weight is 330 g/mol. The fraction of sp³-hybridized carbons (Fsp3) is 0.353. The van der Waals surface area contributed by atoms with Gasteiger partial charge in [-0.1, -0.05) is 29.4 Å². The topological polar surface area (TPSA) is 56.7 Å². The first kappa shape index (κ1) is 15.0. The minimum absolute atomic E-state index is 0.0409. The molecule has 5 nitrogen and oxygen atoms in total. The summed E-state index contributed by atoms with van der Waals surface area (Å²) in [4.78, 5) is 4.39. The summed E-state index contributed by atoms with van der Waals surface area (Å²) in [5, 5.41) is 7.94. The monoisotopic (exact) mass is 330 g/mol. The van der Waals surface area contributed by atoms with Gasteiger partial charge < -0.3 is 4.52 Å². The van der Waals surface area contributed by atoms with Crippen LogP contribution in [0.3, 0.4) is 0 Å². The zero-order valence-electron chi connectivity index (χ0n) is 13.1. The highest BCUT2D eigenvalue weighted by Gasteiger charge is 2.28. The van der Waals surface area contributed by atoms with E-state index in [-0.39, 0.29) is 23.1 Å². The maximum Gasteiger partial charge on any atom is 0.280 e. The Morgan fingerprint density at radius 2 is 2.12 bits per heavy atom. The van der Waals surface area contributed by atoms with Gasteiger partial charge in [0.05, 0.1) is 11.8 Å². The van der Waals surface area contributed by atoms with Gasteiger partial charge in [0.15, 0.2) is 5.82 Å². The van der Waals surface area contributed by atoms with Crippen molar-refractivity contribution in [2.45, 2.75) is 31.6 Å². The Morgan fingerprint density at radius 3 is 2.96 bits per heavy atom. The number of fused-ring (bicyclic) bond motifs is 1. The van der Waals surface area contributed by atoms with Crippen molar-refractivity contribution in [1.29, 1.82) is 0 Å². The van der Waals surface area contributed by atoms with Crippen LogP contribution in [0.1, 0.15) is 47.8 Å². The van der Waals surface area contributed by atoms with Crippen LogP contribution in [0.15, 0.2) is 35.0 Å². The number of alkyl halides is 2. The standard InChI is InChI=1S/C17H16F2N4O/c1-23-14(15(18)19)13(9-20-23)17-21-16(22-24-17)12-8-4-6-10-5-2-3-7-11(10)12/h2-3,5,7,9,12,15H,4,6,8H2,1H3. The number of rotatable bonds is 3. The Bertz CT molecular complexity index is 871. The number of aromatic nitrogens is 4. The van der Waals surface area contributed by atoms with E-state index in [2.05, 4.69) is 27.4 Å². The summed E-state index contributed by atoms with van der Waals surface area (Å²) < 4.78 is 32.8. The first-order chi connectivity index (χ1) is 11.6. The summed E-state index contributed by atoms with van der Waals surface area (Å²) in [7, 11) is 1.47. The molecule has 0 saturated heterocycles. The van der Waals surface area contributed by atoms with Crippen LogP contribution in [0.25, 0.3) is 11.5 Å². The van der Waals surface area contributed by atoms with Crippen LogP contribution in [0, 0.1) is 0 Å². The molecule has 1 aliphatic rings. The SMILES string of the molecule is Cn1ncc(-c2nc(C3CCCc4ccccc43)no2)c1C(F)F. The Balaban J connectivity index is 1.72. The molecule has 1 unspecified atom stereocenters. The van der Waals surface area contributed by atoms with Gasteiger partial charge in [-0.05, 0) is 30.4 Å². The highest BCUT2D eigenvalue weighted by atomic mass is 19.3. The van der Waals surface area contributed by atoms with Crippen LogP contribution in [-0.2, 0) is 13.5 Å². The molecule has 0 amide bonds. The van der Waals surface area contributed by atoms with Gasteiger partial charge in [-0.15, -0.1) is 0 Å². The third-order valence-electron chi connectivity index (χ3n) is 4.54. The molecule has 1 aliphatic carbocycles. The van der Waals surface area contributed by atoms with Gasteiger partial charge in [-0.2, -0.15) is 10.1 Å². The van der Waals surface area contributed by atoms with E-state index >= 15 is 0 Å². The molecule has 124 valence electrons. The van der Waals surface area contributed by atoms with Crippen molar-refractivity contribution in [3.05, 3.63) is 53.1 Å². The van der Waals surface area contributed by atoms with Gasteiger partial charge in [-0.3, -0.25) is 4.68 Å². The van der Waals surface area contributed by atoms with Crippen molar-refractivity contribution < 1.29 is 13.3 Å². The molecule has 2 heterocycles. The molecule has 7 heteroatoms. The Kier molecular flexibility index (Phi) is 3.63. The second-order valence-corrected chi connectivity index (χ2v) is 5.97. The van der Waals surface area contributed by atoms with E-state index in [4.69, 9.17) is 4.52 Å². The van der Waals surface area contributed by atoms with Crippen LogP contribution in [0.4, 0.5) is 8.78 Å². The normalized spacial score (nSPS) is 17.2. The van der Waals surface area contributed by atoms with Crippen molar-refractivity contribution in [2.24, 2.45) is 7.05 Å². The molecular weight excluding hydrogens is 314 g/mol. The summed E-state index contributed by atoms with van der Waals surface area (Å²) >= 11 is 0. The number of halogens is 2. The highest BCUT2D eigenvalue weighted by molar-refractivity contribution is 5.56. The lowest BCUT2D eigenvalue weighted by molar-refractivity contribution is 0.141. The van der Waals surface area contributed by atoms with Crippen LogP contribution in [0.2, 0.25) is 0 Å².